The van der Waals surface area contributed by atoms with E-state index in [4.69, 9.17) is 4.74 Å². The molecule has 1 heterocycles. The molecular weight excluding hydrogens is 298 g/mol. The fraction of sp³-hybridized carbons (Fsp3) is 0.250. The van der Waals surface area contributed by atoms with Crippen LogP contribution in [0.2, 0.25) is 0 Å². The van der Waals surface area contributed by atoms with Gasteiger partial charge in [-0.3, -0.25) is 19.0 Å². The second-order valence-corrected chi connectivity index (χ2v) is 4.86. The number of rotatable bonds is 6. The minimum absolute atomic E-state index is 0.286. The quantitative estimate of drug-likeness (QED) is 0.624. The van der Waals surface area contributed by atoms with Crippen LogP contribution in [0.15, 0.2) is 48.0 Å². The van der Waals surface area contributed by atoms with E-state index >= 15 is 0 Å². The molecule has 0 bridgehead atoms. The van der Waals surface area contributed by atoms with Crippen LogP contribution in [0, 0.1) is 0 Å². The Morgan fingerprint density at radius 3 is 2.91 bits per heavy atom. The number of esters is 1. The van der Waals surface area contributed by atoms with Crippen LogP contribution in [-0.2, 0) is 20.9 Å². The third kappa shape index (κ3) is 4.03. The number of nitrogens with zero attached hydrogens (tertiary/aromatic N) is 2. The van der Waals surface area contributed by atoms with Gasteiger partial charge in [0.25, 0.3) is 11.5 Å². The summed E-state index contributed by atoms with van der Waals surface area (Å²) in [7, 11) is 0. The fourth-order valence-corrected chi connectivity index (χ4v) is 1.96. The van der Waals surface area contributed by atoms with Gasteiger partial charge in [0.2, 0.25) is 0 Å². The van der Waals surface area contributed by atoms with Crippen molar-refractivity contribution in [2.24, 2.45) is 0 Å². The van der Waals surface area contributed by atoms with Gasteiger partial charge in [0, 0.05) is 6.54 Å². The van der Waals surface area contributed by atoms with Crippen molar-refractivity contribution >= 4 is 22.8 Å². The monoisotopic (exact) mass is 315 g/mol. The van der Waals surface area contributed by atoms with Gasteiger partial charge < -0.3 is 10.1 Å². The van der Waals surface area contributed by atoms with E-state index in [1.807, 2.05) is 0 Å². The van der Waals surface area contributed by atoms with E-state index in [-0.39, 0.29) is 18.6 Å². The third-order valence-corrected chi connectivity index (χ3v) is 3.13. The molecule has 1 aromatic heterocycles. The Balaban J connectivity index is 2.06. The molecule has 1 amide bonds. The summed E-state index contributed by atoms with van der Waals surface area (Å²) in [6, 6.07) is 6.85. The van der Waals surface area contributed by atoms with Crippen molar-refractivity contribution in [3.8, 4) is 0 Å². The summed E-state index contributed by atoms with van der Waals surface area (Å²) in [4.78, 5) is 39.9. The lowest BCUT2D eigenvalue weighted by molar-refractivity contribution is -0.155. The Labute approximate surface area is 132 Å². The molecule has 0 aliphatic carbocycles. The van der Waals surface area contributed by atoms with Crippen LogP contribution < -0.4 is 10.9 Å². The molecule has 7 nitrogen and oxygen atoms in total. The SMILES string of the molecule is C=CCNC(=O)[C@H](C)OC(=O)Cn1cnc2ccccc2c1=O. The number of para-hydroxylation sites is 1. The smallest absolute Gasteiger partial charge is 0.326 e. The van der Waals surface area contributed by atoms with E-state index in [9.17, 15) is 14.4 Å². The molecule has 1 N–H and O–H groups in total. The summed E-state index contributed by atoms with van der Waals surface area (Å²) >= 11 is 0. The van der Waals surface area contributed by atoms with Crippen LogP contribution in [0.3, 0.4) is 0 Å². The predicted octanol–water partition coefficient (Wildman–Crippen LogP) is 0.630. The third-order valence-electron chi connectivity index (χ3n) is 3.13. The van der Waals surface area contributed by atoms with Crippen LogP contribution in [0.25, 0.3) is 10.9 Å². The zero-order chi connectivity index (χ0) is 16.8. The maximum absolute atomic E-state index is 12.2. The minimum Gasteiger partial charge on any atom is -0.451 e. The Morgan fingerprint density at radius 1 is 1.43 bits per heavy atom. The molecule has 0 spiro atoms. The molecule has 0 saturated heterocycles. The molecule has 0 radical (unpaired) electrons. The highest BCUT2D eigenvalue weighted by molar-refractivity contribution is 5.83. The Bertz CT molecular complexity index is 797. The summed E-state index contributed by atoms with van der Waals surface area (Å²) in [5, 5.41) is 2.94. The lowest BCUT2D eigenvalue weighted by atomic mass is 10.2. The first-order valence-electron chi connectivity index (χ1n) is 7.05. The predicted molar refractivity (Wildman–Crippen MR) is 84.8 cm³/mol. The molecule has 120 valence electrons. The highest BCUT2D eigenvalue weighted by Gasteiger charge is 2.18. The minimum atomic E-state index is -0.952. The second kappa shape index (κ2) is 7.35. The van der Waals surface area contributed by atoms with Gasteiger partial charge in [-0.15, -0.1) is 6.58 Å². The van der Waals surface area contributed by atoms with Crippen molar-refractivity contribution < 1.29 is 14.3 Å². The number of aromatic nitrogens is 2. The highest BCUT2D eigenvalue weighted by Crippen LogP contribution is 2.04. The van der Waals surface area contributed by atoms with Crippen molar-refractivity contribution in [2.45, 2.75) is 19.6 Å². The first-order chi connectivity index (χ1) is 11.0. The highest BCUT2D eigenvalue weighted by atomic mass is 16.5. The molecule has 0 fully saturated rings. The van der Waals surface area contributed by atoms with Crippen LogP contribution >= 0.6 is 0 Å². The van der Waals surface area contributed by atoms with Gasteiger partial charge in [0.15, 0.2) is 6.10 Å². The Morgan fingerprint density at radius 2 is 2.17 bits per heavy atom. The van der Waals surface area contributed by atoms with Gasteiger partial charge in [0.05, 0.1) is 17.2 Å². The number of ether oxygens (including phenoxy) is 1. The molecule has 0 saturated carbocycles. The maximum Gasteiger partial charge on any atom is 0.326 e. The van der Waals surface area contributed by atoms with Gasteiger partial charge in [-0.25, -0.2) is 4.98 Å². The molecular formula is C16H17N3O4. The number of benzene rings is 1. The molecule has 1 aromatic carbocycles. The van der Waals surface area contributed by atoms with Crippen molar-refractivity contribution in [3.05, 3.63) is 53.6 Å². The van der Waals surface area contributed by atoms with Crippen LogP contribution in [0.4, 0.5) is 0 Å². The zero-order valence-corrected chi connectivity index (χ0v) is 12.7. The standard InChI is InChI=1S/C16H17N3O4/c1-3-8-17-15(21)11(2)23-14(20)9-19-10-18-13-7-5-4-6-12(13)16(19)22/h3-7,10-11H,1,8-9H2,2H3,(H,17,21)/t11-/m0/s1. The zero-order valence-electron chi connectivity index (χ0n) is 12.7. The van der Waals surface area contributed by atoms with Gasteiger partial charge in [0.1, 0.15) is 6.54 Å². The average Bonchev–Trinajstić information content (AvgIpc) is 2.55. The van der Waals surface area contributed by atoms with Crippen LogP contribution in [-0.4, -0.2) is 34.1 Å². The molecule has 7 heteroatoms. The molecule has 0 aliphatic rings. The molecule has 0 unspecified atom stereocenters. The normalized spacial score (nSPS) is 11.7. The first-order valence-corrected chi connectivity index (χ1v) is 7.05. The molecule has 2 aromatic rings. The average molecular weight is 315 g/mol. The lowest BCUT2D eigenvalue weighted by Gasteiger charge is -2.13. The summed E-state index contributed by atoms with van der Waals surface area (Å²) in [6.45, 7) is 4.91. The topological polar surface area (TPSA) is 90.3 Å². The number of fused-ring (bicyclic) bond motifs is 1. The molecule has 1 atom stereocenters. The van der Waals surface area contributed by atoms with Gasteiger partial charge >= 0.3 is 5.97 Å². The maximum atomic E-state index is 12.2. The fourth-order valence-electron chi connectivity index (χ4n) is 1.96. The van der Waals surface area contributed by atoms with E-state index in [0.29, 0.717) is 10.9 Å². The molecule has 23 heavy (non-hydrogen) atoms. The number of hydrogen-bond acceptors (Lipinski definition) is 5. The summed E-state index contributed by atoms with van der Waals surface area (Å²) in [6.07, 6.45) is 1.85. The van der Waals surface area contributed by atoms with E-state index in [0.717, 1.165) is 4.57 Å². The van der Waals surface area contributed by atoms with Crippen molar-refractivity contribution in [2.75, 3.05) is 6.54 Å². The van der Waals surface area contributed by atoms with Gasteiger partial charge in [-0.05, 0) is 19.1 Å². The van der Waals surface area contributed by atoms with Crippen LogP contribution in [0.1, 0.15) is 6.92 Å². The van der Waals surface area contributed by atoms with Crippen molar-refractivity contribution in [3.63, 3.8) is 0 Å². The Kier molecular flexibility index (Phi) is 5.24. The first kappa shape index (κ1) is 16.4. The summed E-state index contributed by atoms with van der Waals surface area (Å²) in [5.41, 5.74) is 0.218. The summed E-state index contributed by atoms with van der Waals surface area (Å²) < 4.78 is 6.16. The van der Waals surface area contributed by atoms with E-state index in [1.165, 1.54) is 19.3 Å². The van der Waals surface area contributed by atoms with Crippen molar-refractivity contribution in [1.82, 2.24) is 14.9 Å². The number of hydrogen-bond donors (Lipinski definition) is 1. The van der Waals surface area contributed by atoms with E-state index < -0.39 is 18.0 Å². The van der Waals surface area contributed by atoms with E-state index in [2.05, 4.69) is 16.9 Å². The summed E-state index contributed by atoms with van der Waals surface area (Å²) in [5.74, 6) is -1.12. The van der Waals surface area contributed by atoms with Crippen molar-refractivity contribution in [1.29, 1.82) is 0 Å². The lowest BCUT2D eigenvalue weighted by Crippen LogP contribution is -2.37. The molecule has 2 rings (SSSR count). The van der Waals surface area contributed by atoms with Gasteiger partial charge in [-0.1, -0.05) is 18.2 Å². The van der Waals surface area contributed by atoms with Crippen LogP contribution in [0.5, 0.6) is 0 Å². The van der Waals surface area contributed by atoms with Gasteiger partial charge in [-0.2, -0.15) is 0 Å². The number of carbonyl (C=O) groups is 2. The number of amides is 1. The Hall–Kier alpha value is -2.96. The number of carbonyl (C=O) groups excluding carboxylic acids is 2. The second-order valence-electron chi connectivity index (χ2n) is 4.86. The number of nitrogens with one attached hydrogen (secondary N) is 1. The largest absolute Gasteiger partial charge is 0.451 e. The van der Waals surface area contributed by atoms with E-state index in [1.54, 1.807) is 24.3 Å². The molecule has 0 aliphatic heterocycles.